The minimum absolute atomic E-state index is 0.0673. The SMILES string of the molecule is CCCN1NCC(C2CCCCCC2)(C(F)(F)F)C1c1cc(F)cc(C(=O)NC[C@@H](N)C(=O)O)c1. The summed E-state index contributed by atoms with van der Waals surface area (Å²) in [4.78, 5) is 23.5. The standard InChI is InChI=1S/C24H34F4N4O3/c1-2-9-32-20(23(14-31-32,24(26,27)28)17-7-5-3-4-6-8-17)15-10-16(12-18(25)11-15)21(33)30-13-19(29)22(34)35/h10-12,17,19-20,31H,2-9,13-14,29H2,1H3,(H,30,33)(H,34,35)/t19-,20?,23?/m1/s1. The van der Waals surface area contributed by atoms with Gasteiger partial charge in [-0.25, -0.2) is 9.40 Å². The number of carbonyl (C=O) groups is 2. The van der Waals surface area contributed by atoms with Gasteiger partial charge in [0.1, 0.15) is 17.3 Å². The lowest BCUT2D eigenvalue weighted by Crippen LogP contribution is -2.50. The van der Waals surface area contributed by atoms with E-state index in [1.165, 1.54) is 11.1 Å². The lowest BCUT2D eigenvalue weighted by atomic mass is 9.65. The fraction of sp³-hybridized carbons (Fsp3) is 0.667. The van der Waals surface area contributed by atoms with Gasteiger partial charge in [-0.15, -0.1) is 0 Å². The second-order valence-electron chi connectivity index (χ2n) is 9.59. The Kier molecular flexibility index (Phi) is 8.76. The number of benzene rings is 1. The smallest absolute Gasteiger partial charge is 0.397 e. The van der Waals surface area contributed by atoms with E-state index in [9.17, 15) is 14.0 Å². The molecular weight excluding hydrogens is 468 g/mol. The molecule has 1 amide bonds. The topological polar surface area (TPSA) is 108 Å². The molecule has 1 aromatic carbocycles. The second-order valence-corrected chi connectivity index (χ2v) is 9.59. The van der Waals surface area contributed by atoms with Crippen molar-refractivity contribution in [3.63, 3.8) is 0 Å². The predicted molar refractivity (Wildman–Crippen MR) is 122 cm³/mol. The van der Waals surface area contributed by atoms with Gasteiger partial charge >= 0.3 is 12.1 Å². The maximum absolute atomic E-state index is 15.0. The van der Waals surface area contributed by atoms with E-state index in [-0.39, 0.29) is 17.7 Å². The van der Waals surface area contributed by atoms with Crippen molar-refractivity contribution in [3.05, 3.63) is 35.1 Å². The van der Waals surface area contributed by atoms with Crippen LogP contribution in [0.1, 0.15) is 73.8 Å². The van der Waals surface area contributed by atoms with Crippen LogP contribution in [0.25, 0.3) is 0 Å². The summed E-state index contributed by atoms with van der Waals surface area (Å²) in [5, 5.41) is 12.8. The zero-order valence-corrected chi connectivity index (χ0v) is 19.8. The first-order valence-electron chi connectivity index (χ1n) is 12.1. The lowest BCUT2D eigenvalue weighted by Gasteiger charge is -2.44. The molecule has 2 aliphatic rings. The highest BCUT2D eigenvalue weighted by atomic mass is 19.4. The first-order chi connectivity index (χ1) is 16.5. The Balaban J connectivity index is 2.05. The van der Waals surface area contributed by atoms with Crippen molar-refractivity contribution >= 4 is 11.9 Å². The molecule has 0 aromatic heterocycles. The normalized spacial score (nSPS) is 25.3. The van der Waals surface area contributed by atoms with Crippen molar-refractivity contribution in [3.8, 4) is 0 Å². The fourth-order valence-electron chi connectivity index (χ4n) is 5.57. The van der Waals surface area contributed by atoms with Crippen LogP contribution in [-0.4, -0.2) is 53.8 Å². The average molecular weight is 503 g/mol. The molecule has 196 valence electrons. The maximum atomic E-state index is 15.0. The number of nitrogens with zero attached hydrogens (tertiary/aromatic N) is 1. The Morgan fingerprint density at radius 3 is 2.46 bits per heavy atom. The van der Waals surface area contributed by atoms with Gasteiger partial charge in [0.25, 0.3) is 5.91 Å². The molecule has 5 N–H and O–H groups in total. The van der Waals surface area contributed by atoms with E-state index in [0.29, 0.717) is 38.6 Å². The largest absolute Gasteiger partial charge is 0.480 e. The summed E-state index contributed by atoms with van der Waals surface area (Å²) in [7, 11) is 0. The third kappa shape index (κ3) is 5.78. The van der Waals surface area contributed by atoms with E-state index in [1.54, 1.807) is 0 Å². The van der Waals surface area contributed by atoms with Crippen molar-refractivity contribution in [1.29, 1.82) is 0 Å². The van der Waals surface area contributed by atoms with Crippen LogP contribution in [0.5, 0.6) is 0 Å². The zero-order chi connectivity index (χ0) is 25.8. The molecule has 2 fully saturated rings. The third-order valence-electron chi connectivity index (χ3n) is 7.25. The number of amides is 1. The van der Waals surface area contributed by atoms with Crippen molar-refractivity contribution in [2.75, 3.05) is 19.6 Å². The molecule has 0 radical (unpaired) electrons. The Morgan fingerprint density at radius 1 is 1.23 bits per heavy atom. The average Bonchev–Trinajstić information content (AvgIpc) is 2.97. The molecule has 0 bridgehead atoms. The van der Waals surface area contributed by atoms with E-state index in [1.807, 2.05) is 6.92 Å². The van der Waals surface area contributed by atoms with E-state index >= 15 is 13.2 Å². The molecule has 1 aromatic rings. The first kappa shape index (κ1) is 27.3. The maximum Gasteiger partial charge on any atom is 0.397 e. The highest BCUT2D eigenvalue weighted by Gasteiger charge is 2.67. The summed E-state index contributed by atoms with van der Waals surface area (Å²) < 4.78 is 59.8. The van der Waals surface area contributed by atoms with Gasteiger partial charge in [-0.05, 0) is 48.9 Å². The molecular formula is C24H34F4N4O3. The van der Waals surface area contributed by atoms with Crippen LogP contribution in [0, 0.1) is 17.2 Å². The summed E-state index contributed by atoms with van der Waals surface area (Å²) in [6.45, 7) is 1.47. The number of nitrogens with one attached hydrogen (secondary N) is 2. The Bertz CT molecular complexity index is 905. The zero-order valence-electron chi connectivity index (χ0n) is 19.8. The number of carbonyl (C=O) groups excluding carboxylic acids is 1. The summed E-state index contributed by atoms with van der Waals surface area (Å²) in [6.07, 6.45) is 0.102. The van der Waals surface area contributed by atoms with E-state index in [2.05, 4.69) is 10.7 Å². The number of alkyl halides is 3. The number of carboxylic acid groups (broad SMARTS) is 1. The summed E-state index contributed by atoms with van der Waals surface area (Å²) in [5.74, 6) is -3.60. The molecule has 3 atom stereocenters. The molecule has 2 unspecified atom stereocenters. The van der Waals surface area contributed by atoms with Crippen LogP contribution in [-0.2, 0) is 4.79 Å². The lowest BCUT2D eigenvalue weighted by molar-refractivity contribution is -0.249. The van der Waals surface area contributed by atoms with E-state index in [0.717, 1.165) is 25.0 Å². The van der Waals surface area contributed by atoms with Crippen LogP contribution in [0.2, 0.25) is 0 Å². The summed E-state index contributed by atoms with van der Waals surface area (Å²) >= 11 is 0. The molecule has 11 heteroatoms. The molecule has 1 saturated carbocycles. The minimum atomic E-state index is -4.56. The number of hydrogen-bond acceptors (Lipinski definition) is 5. The molecule has 0 spiro atoms. The summed E-state index contributed by atoms with van der Waals surface area (Å²) in [5.41, 5.74) is 6.10. The van der Waals surface area contributed by atoms with Gasteiger partial charge in [0.05, 0.1) is 6.04 Å². The first-order valence-corrected chi connectivity index (χ1v) is 12.1. The van der Waals surface area contributed by atoms with Gasteiger partial charge in [0.2, 0.25) is 0 Å². The number of hydrazine groups is 1. The van der Waals surface area contributed by atoms with Crippen molar-refractivity contribution < 1.29 is 32.3 Å². The van der Waals surface area contributed by atoms with Crippen LogP contribution in [0.4, 0.5) is 17.6 Å². The number of hydrogen-bond donors (Lipinski definition) is 4. The molecule has 1 aliphatic carbocycles. The molecule has 1 aliphatic heterocycles. The predicted octanol–water partition coefficient (Wildman–Crippen LogP) is 3.76. The molecule has 35 heavy (non-hydrogen) atoms. The van der Waals surface area contributed by atoms with E-state index < -0.39 is 53.8 Å². The quantitative estimate of drug-likeness (QED) is 0.319. The second kappa shape index (κ2) is 11.2. The number of rotatable bonds is 8. The van der Waals surface area contributed by atoms with Gasteiger partial charge in [-0.1, -0.05) is 32.6 Å². The van der Waals surface area contributed by atoms with Gasteiger partial charge in [0.15, 0.2) is 0 Å². The van der Waals surface area contributed by atoms with Gasteiger partial charge in [-0.3, -0.25) is 15.0 Å². The third-order valence-corrected chi connectivity index (χ3v) is 7.25. The molecule has 7 nitrogen and oxygen atoms in total. The van der Waals surface area contributed by atoms with Crippen LogP contribution in [0.15, 0.2) is 18.2 Å². The van der Waals surface area contributed by atoms with E-state index in [4.69, 9.17) is 10.8 Å². The van der Waals surface area contributed by atoms with Crippen LogP contribution < -0.4 is 16.5 Å². The Labute approximate surface area is 202 Å². The Hall–Kier alpha value is -2.24. The van der Waals surface area contributed by atoms with Gasteiger partial charge in [0, 0.05) is 25.2 Å². The highest BCUT2D eigenvalue weighted by Crippen LogP contribution is 2.59. The number of carboxylic acids is 1. The van der Waals surface area contributed by atoms with Crippen LogP contribution >= 0.6 is 0 Å². The summed E-state index contributed by atoms with van der Waals surface area (Å²) in [6, 6.07) is 0.700. The van der Waals surface area contributed by atoms with Gasteiger partial charge < -0.3 is 16.2 Å². The van der Waals surface area contributed by atoms with Crippen molar-refractivity contribution in [2.24, 2.45) is 17.1 Å². The van der Waals surface area contributed by atoms with Crippen molar-refractivity contribution in [2.45, 2.75) is 70.1 Å². The minimum Gasteiger partial charge on any atom is -0.480 e. The molecule has 1 heterocycles. The molecule has 3 rings (SSSR count). The number of nitrogens with two attached hydrogens (primary N) is 1. The van der Waals surface area contributed by atoms with Crippen LogP contribution in [0.3, 0.4) is 0 Å². The van der Waals surface area contributed by atoms with Crippen molar-refractivity contribution in [1.82, 2.24) is 15.8 Å². The number of halogens is 4. The fourth-order valence-corrected chi connectivity index (χ4v) is 5.57. The highest BCUT2D eigenvalue weighted by molar-refractivity contribution is 5.94. The molecule has 1 saturated heterocycles. The van der Waals surface area contributed by atoms with Gasteiger partial charge in [-0.2, -0.15) is 13.2 Å². The monoisotopic (exact) mass is 502 g/mol. The number of aliphatic carboxylic acids is 1. The Morgan fingerprint density at radius 2 is 1.89 bits per heavy atom.